The quantitative estimate of drug-likeness (QED) is 0.783. The van der Waals surface area contributed by atoms with Gasteiger partial charge in [0.05, 0.1) is 11.2 Å². The molecular formula is C14H12N2OS. The Bertz CT molecular complexity index is 678. The van der Waals surface area contributed by atoms with Crippen molar-refractivity contribution in [2.24, 2.45) is 0 Å². The van der Waals surface area contributed by atoms with Crippen LogP contribution in [0.3, 0.4) is 0 Å². The molecule has 0 saturated heterocycles. The third-order valence-electron chi connectivity index (χ3n) is 2.77. The van der Waals surface area contributed by atoms with Gasteiger partial charge in [-0.3, -0.25) is 4.98 Å². The van der Waals surface area contributed by atoms with Crippen LogP contribution in [0.1, 0.15) is 5.69 Å². The van der Waals surface area contributed by atoms with Gasteiger partial charge >= 0.3 is 0 Å². The fourth-order valence-electron chi connectivity index (χ4n) is 1.88. The molecule has 0 bridgehead atoms. The van der Waals surface area contributed by atoms with Crippen LogP contribution in [0.25, 0.3) is 21.5 Å². The Morgan fingerprint density at radius 3 is 3.06 bits per heavy atom. The lowest BCUT2D eigenvalue weighted by Gasteiger charge is -1.99. The Hall–Kier alpha value is -1.78. The van der Waals surface area contributed by atoms with Crippen LogP contribution in [-0.4, -0.2) is 21.7 Å². The van der Waals surface area contributed by atoms with E-state index in [0.29, 0.717) is 6.42 Å². The summed E-state index contributed by atoms with van der Waals surface area (Å²) in [5.41, 5.74) is 3.04. The molecule has 0 fully saturated rings. The standard InChI is InChI=1S/C14H12N2OS/c17-7-5-12-9-18-14(16-12)11-3-4-13-10(8-11)2-1-6-15-13/h1-4,6,8-9,17H,5,7H2. The zero-order valence-electron chi connectivity index (χ0n) is 9.71. The molecule has 0 atom stereocenters. The molecule has 3 rings (SSSR count). The van der Waals surface area contributed by atoms with E-state index in [1.54, 1.807) is 17.5 Å². The lowest BCUT2D eigenvalue weighted by Crippen LogP contribution is -1.90. The molecule has 0 aliphatic rings. The predicted molar refractivity (Wildman–Crippen MR) is 73.6 cm³/mol. The molecule has 18 heavy (non-hydrogen) atoms. The highest BCUT2D eigenvalue weighted by atomic mass is 32.1. The van der Waals surface area contributed by atoms with Gasteiger partial charge in [-0.15, -0.1) is 11.3 Å². The summed E-state index contributed by atoms with van der Waals surface area (Å²) in [6.07, 6.45) is 2.41. The molecule has 3 nitrogen and oxygen atoms in total. The second-order valence-corrected chi connectivity index (χ2v) is 4.89. The van der Waals surface area contributed by atoms with Gasteiger partial charge in [0.1, 0.15) is 5.01 Å². The van der Waals surface area contributed by atoms with E-state index in [0.717, 1.165) is 27.2 Å². The summed E-state index contributed by atoms with van der Waals surface area (Å²) in [6, 6.07) is 10.1. The molecule has 4 heteroatoms. The summed E-state index contributed by atoms with van der Waals surface area (Å²) in [5, 5.41) is 13.0. The molecule has 3 aromatic rings. The highest BCUT2D eigenvalue weighted by molar-refractivity contribution is 7.13. The van der Waals surface area contributed by atoms with Crippen LogP contribution in [0.2, 0.25) is 0 Å². The minimum Gasteiger partial charge on any atom is -0.396 e. The molecule has 0 aliphatic heterocycles. The molecule has 0 amide bonds. The average molecular weight is 256 g/mol. The van der Waals surface area contributed by atoms with Gasteiger partial charge in [0.2, 0.25) is 0 Å². The molecule has 0 unspecified atom stereocenters. The Kier molecular flexibility index (Phi) is 3.04. The van der Waals surface area contributed by atoms with E-state index in [1.165, 1.54) is 0 Å². The largest absolute Gasteiger partial charge is 0.396 e. The SMILES string of the molecule is OCCc1csc(-c2ccc3ncccc3c2)n1. The minimum atomic E-state index is 0.144. The molecule has 1 N–H and O–H groups in total. The van der Waals surface area contributed by atoms with Gasteiger partial charge in [0.15, 0.2) is 0 Å². The number of hydrogen-bond acceptors (Lipinski definition) is 4. The van der Waals surface area contributed by atoms with Gasteiger partial charge < -0.3 is 5.11 Å². The van der Waals surface area contributed by atoms with Crippen LogP contribution in [0.5, 0.6) is 0 Å². The second-order valence-electron chi connectivity index (χ2n) is 4.03. The van der Waals surface area contributed by atoms with Gasteiger partial charge in [-0.2, -0.15) is 0 Å². The molecular weight excluding hydrogens is 244 g/mol. The fourth-order valence-corrected chi connectivity index (χ4v) is 2.73. The van der Waals surface area contributed by atoms with Crippen LogP contribution < -0.4 is 0 Å². The molecule has 0 radical (unpaired) electrons. The van der Waals surface area contributed by atoms with Crippen molar-refractivity contribution in [1.29, 1.82) is 0 Å². The van der Waals surface area contributed by atoms with Gasteiger partial charge in [-0.25, -0.2) is 4.98 Å². The van der Waals surface area contributed by atoms with Crippen molar-refractivity contribution in [3.8, 4) is 10.6 Å². The second kappa shape index (κ2) is 4.84. The van der Waals surface area contributed by atoms with Gasteiger partial charge in [-0.05, 0) is 24.3 Å². The smallest absolute Gasteiger partial charge is 0.123 e. The minimum absolute atomic E-state index is 0.144. The monoisotopic (exact) mass is 256 g/mol. The average Bonchev–Trinajstić information content (AvgIpc) is 2.87. The predicted octanol–water partition coefficient (Wildman–Crippen LogP) is 2.89. The van der Waals surface area contributed by atoms with Crippen LogP contribution in [0.4, 0.5) is 0 Å². The van der Waals surface area contributed by atoms with Crippen LogP contribution >= 0.6 is 11.3 Å². The first-order chi connectivity index (χ1) is 8.86. The maximum absolute atomic E-state index is 8.90. The Morgan fingerprint density at radius 2 is 2.17 bits per heavy atom. The lowest BCUT2D eigenvalue weighted by molar-refractivity contribution is 0.298. The van der Waals surface area contributed by atoms with Crippen molar-refractivity contribution in [2.75, 3.05) is 6.61 Å². The number of fused-ring (bicyclic) bond motifs is 1. The molecule has 1 aromatic carbocycles. The first-order valence-electron chi connectivity index (χ1n) is 5.77. The van der Waals surface area contributed by atoms with Crippen molar-refractivity contribution in [1.82, 2.24) is 9.97 Å². The fraction of sp³-hybridized carbons (Fsp3) is 0.143. The molecule has 0 saturated carbocycles. The van der Waals surface area contributed by atoms with E-state index in [-0.39, 0.29) is 6.61 Å². The van der Waals surface area contributed by atoms with Crippen molar-refractivity contribution in [3.05, 3.63) is 47.6 Å². The number of benzene rings is 1. The van der Waals surface area contributed by atoms with Crippen LogP contribution in [0.15, 0.2) is 41.9 Å². The third kappa shape index (κ3) is 2.12. The Morgan fingerprint density at radius 1 is 1.22 bits per heavy atom. The number of rotatable bonds is 3. The summed E-state index contributed by atoms with van der Waals surface area (Å²) < 4.78 is 0. The highest BCUT2D eigenvalue weighted by Gasteiger charge is 2.05. The van der Waals surface area contributed by atoms with Crippen molar-refractivity contribution < 1.29 is 5.11 Å². The number of aliphatic hydroxyl groups excluding tert-OH is 1. The number of aromatic nitrogens is 2. The van der Waals surface area contributed by atoms with Crippen LogP contribution in [-0.2, 0) is 6.42 Å². The Labute approximate surface area is 109 Å². The zero-order chi connectivity index (χ0) is 12.4. The van der Waals surface area contributed by atoms with Gasteiger partial charge in [0.25, 0.3) is 0 Å². The molecule has 0 aliphatic carbocycles. The zero-order valence-corrected chi connectivity index (χ0v) is 10.5. The van der Waals surface area contributed by atoms with E-state index < -0.39 is 0 Å². The maximum atomic E-state index is 8.90. The summed E-state index contributed by atoms with van der Waals surface area (Å²) >= 11 is 1.61. The summed E-state index contributed by atoms with van der Waals surface area (Å²) in [6.45, 7) is 0.144. The van der Waals surface area contributed by atoms with Crippen molar-refractivity contribution in [2.45, 2.75) is 6.42 Å². The van der Waals surface area contributed by atoms with E-state index >= 15 is 0 Å². The molecule has 0 spiro atoms. The summed E-state index contributed by atoms with van der Waals surface area (Å²) in [5.74, 6) is 0. The first-order valence-corrected chi connectivity index (χ1v) is 6.65. The third-order valence-corrected chi connectivity index (χ3v) is 3.71. The Balaban J connectivity index is 2.02. The normalized spacial score (nSPS) is 10.9. The van der Waals surface area contributed by atoms with E-state index in [9.17, 15) is 0 Å². The molecule has 2 heterocycles. The number of aliphatic hydroxyl groups is 1. The summed E-state index contributed by atoms with van der Waals surface area (Å²) in [7, 11) is 0. The van der Waals surface area contributed by atoms with Crippen LogP contribution in [0, 0.1) is 0 Å². The number of thiazole rings is 1. The summed E-state index contributed by atoms with van der Waals surface area (Å²) in [4.78, 5) is 8.82. The van der Waals surface area contributed by atoms with Gasteiger partial charge in [-0.1, -0.05) is 6.07 Å². The number of hydrogen-bond donors (Lipinski definition) is 1. The van der Waals surface area contributed by atoms with E-state index in [4.69, 9.17) is 5.11 Å². The van der Waals surface area contributed by atoms with E-state index in [1.807, 2.05) is 29.6 Å². The van der Waals surface area contributed by atoms with E-state index in [2.05, 4.69) is 16.0 Å². The highest BCUT2D eigenvalue weighted by Crippen LogP contribution is 2.26. The van der Waals surface area contributed by atoms with Crippen molar-refractivity contribution in [3.63, 3.8) is 0 Å². The van der Waals surface area contributed by atoms with Crippen molar-refractivity contribution >= 4 is 22.2 Å². The maximum Gasteiger partial charge on any atom is 0.123 e. The molecule has 2 aromatic heterocycles. The first kappa shape index (κ1) is 11.3. The number of pyridine rings is 1. The topological polar surface area (TPSA) is 46.0 Å². The lowest BCUT2D eigenvalue weighted by atomic mass is 10.1. The number of nitrogens with zero attached hydrogens (tertiary/aromatic N) is 2. The molecule has 90 valence electrons. The van der Waals surface area contributed by atoms with Gasteiger partial charge in [0, 0.05) is 35.6 Å².